The number of ether oxygens (including phenoxy) is 6. The van der Waals surface area contributed by atoms with Crippen LogP contribution in [-0.4, -0.2) is 96.5 Å². The molecule has 2 aromatic carbocycles. The molecule has 0 fully saturated rings. The Morgan fingerprint density at radius 3 is 1.95 bits per heavy atom. The number of carbonyl (C=O) groups excluding carboxylic acids is 2. The van der Waals surface area contributed by atoms with Crippen LogP contribution in [0.1, 0.15) is 78.7 Å². The van der Waals surface area contributed by atoms with E-state index in [-0.39, 0.29) is 91.6 Å². The summed E-state index contributed by atoms with van der Waals surface area (Å²) in [7, 11) is -3.46. The lowest BCUT2D eigenvalue weighted by Crippen LogP contribution is -2.51. The molecule has 0 atom stereocenters. The van der Waals surface area contributed by atoms with Crippen molar-refractivity contribution in [2.24, 2.45) is 0 Å². The van der Waals surface area contributed by atoms with Gasteiger partial charge in [0.25, 0.3) is 26.1 Å². The molecule has 65 heavy (non-hydrogen) atoms. The average Bonchev–Trinajstić information content (AvgIpc) is 3.25. The second-order valence-corrected chi connectivity index (χ2v) is 17.0. The number of carbonyl (C=O) groups is 2. The molecule has 0 amide bonds. The van der Waals surface area contributed by atoms with Gasteiger partial charge in [0.1, 0.15) is 13.2 Å². The molecule has 0 aliphatic heterocycles. The number of nitrogens with zero attached hydrogens (tertiary/aromatic N) is 7. The van der Waals surface area contributed by atoms with Crippen LogP contribution >= 0.6 is 0 Å². The molecule has 352 valence electrons. The van der Waals surface area contributed by atoms with E-state index in [1.54, 1.807) is 30.3 Å². The van der Waals surface area contributed by atoms with Crippen LogP contribution in [0.2, 0.25) is 0 Å². The maximum absolute atomic E-state index is 15.2. The molecule has 0 N–H and O–H groups in total. The molecule has 0 bridgehead atoms. The van der Waals surface area contributed by atoms with Crippen molar-refractivity contribution in [2.45, 2.75) is 89.2 Å². The van der Waals surface area contributed by atoms with E-state index in [1.165, 1.54) is 57.6 Å². The predicted octanol–water partition coefficient (Wildman–Crippen LogP) is 6.80. The van der Waals surface area contributed by atoms with Crippen molar-refractivity contribution >= 4 is 28.0 Å². The van der Waals surface area contributed by atoms with E-state index in [0.29, 0.717) is 23.6 Å². The summed E-state index contributed by atoms with van der Waals surface area (Å²) < 4.78 is 65.5. The molecule has 0 radical (unpaired) electrons. The minimum absolute atomic E-state index is 0.00482. The van der Waals surface area contributed by atoms with Gasteiger partial charge < -0.3 is 38.1 Å². The molecule has 4 rings (SSSR count). The average molecular weight is 930 g/mol. The number of methoxy groups -OCH3 is 1. The maximum Gasteiger partial charge on any atom is 0.510 e. The van der Waals surface area contributed by atoms with Crippen molar-refractivity contribution in [1.82, 2.24) is 19.9 Å². The van der Waals surface area contributed by atoms with Crippen molar-refractivity contribution < 1.29 is 66.3 Å². The SMILES string of the molecule is COc1ccccc1Oc1c(OCCOC(=O)CCCCCO[N+](=O)[O-])nc(-c2ncccn2)nc1N(C(C)(C)OC(=O)OCCCCO[N+](=O)[O-])S(=O)(=O)c1ccc(C(C)(C)C)cc1. The summed E-state index contributed by atoms with van der Waals surface area (Å²) >= 11 is 0. The Kier molecular flexibility index (Phi) is 18.3. The molecule has 0 unspecified atom stereocenters. The van der Waals surface area contributed by atoms with Gasteiger partial charge in [-0.1, -0.05) is 51.5 Å². The zero-order valence-electron chi connectivity index (χ0n) is 36.7. The number of sulfonamides is 1. The minimum Gasteiger partial charge on any atom is -0.493 e. The van der Waals surface area contributed by atoms with Gasteiger partial charge in [0.2, 0.25) is 11.6 Å². The Balaban J connectivity index is 1.84. The lowest BCUT2D eigenvalue weighted by Gasteiger charge is -2.37. The molecule has 23 nitrogen and oxygen atoms in total. The van der Waals surface area contributed by atoms with Gasteiger partial charge in [-0.25, -0.2) is 32.5 Å². The topological polar surface area (TPSA) is 283 Å². The largest absolute Gasteiger partial charge is 0.510 e. The van der Waals surface area contributed by atoms with Gasteiger partial charge in [-0.15, -0.1) is 20.2 Å². The molecule has 0 saturated carbocycles. The molecule has 0 aliphatic carbocycles. The zero-order chi connectivity index (χ0) is 47.6. The number of benzene rings is 2. The summed E-state index contributed by atoms with van der Waals surface area (Å²) in [6, 6.07) is 14.0. The van der Waals surface area contributed by atoms with Crippen LogP contribution in [0.5, 0.6) is 23.1 Å². The van der Waals surface area contributed by atoms with E-state index in [1.807, 2.05) is 20.8 Å². The van der Waals surface area contributed by atoms with Crippen LogP contribution in [0.4, 0.5) is 10.6 Å². The first-order valence-electron chi connectivity index (χ1n) is 20.2. The van der Waals surface area contributed by atoms with E-state index in [0.717, 1.165) is 5.56 Å². The summed E-state index contributed by atoms with van der Waals surface area (Å²) in [6.07, 6.45) is 3.01. The Hall–Kier alpha value is -7.11. The number of unbranched alkanes of at least 4 members (excludes halogenated alkanes) is 3. The summed E-state index contributed by atoms with van der Waals surface area (Å²) in [4.78, 5) is 72.8. The number of anilines is 1. The van der Waals surface area contributed by atoms with Gasteiger partial charge in [-0.2, -0.15) is 4.98 Å². The first kappa shape index (κ1) is 50.5. The first-order chi connectivity index (χ1) is 30.8. The number of aromatic nitrogens is 4. The van der Waals surface area contributed by atoms with Gasteiger partial charge in [-0.3, -0.25) is 4.79 Å². The molecule has 0 saturated heterocycles. The Morgan fingerprint density at radius 1 is 0.723 bits per heavy atom. The van der Waals surface area contributed by atoms with Crippen LogP contribution in [0.3, 0.4) is 0 Å². The molecule has 2 aromatic heterocycles. The van der Waals surface area contributed by atoms with Crippen LogP contribution in [0.25, 0.3) is 11.6 Å². The number of para-hydroxylation sites is 2. The third-order valence-electron chi connectivity index (χ3n) is 8.90. The van der Waals surface area contributed by atoms with Crippen molar-refractivity contribution in [1.29, 1.82) is 0 Å². The van der Waals surface area contributed by atoms with Crippen LogP contribution in [0, 0.1) is 20.2 Å². The predicted molar refractivity (Wildman–Crippen MR) is 227 cm³/mol. The second kappa shape index (κ2) is 23.5. The van der Waals surface area contributed by atoms with Crippen LogP contribution in [-0.2, 0) is 44.1 Å². The monoisotopic (exact) mass is 929 g/mol. The number of esters is 1. The third kappa shape index (κ3) is 15.3. The van der Waals surface area contributed by atoms with Gasteiger partial charge in [0, 0.05) is 18.8 Å². The Morgan fingerprint density at radius 2 is 1.34 bits per heavy atom. The van der Waals surface area contributed by atoms with E-state index >= 15 is 8.42 Å². The molecule has 4 aromatic rings. The highest BCUT2D eigenvalue weighted by Crippen LogP contribution is 2.46. The van der Waals surface area contributed by atoms with E-state index in [9.17, 15) is 29.8 Å². The fourth-order valence-electron chi connectivity index (χ4n) is 5.79. The van der Waals surface area contributed by atoms with Crippen molar-refractivity contribution in [3.05, 3.63) is 92.8 Å². The van der Waals surface area contributed by atoms with Gasteiger partial charge in [0.15, 0.2) is 28.9 Å². The highest BCUT2D eigenvalue weighted by atomic mass is 32.2. The number of hydrogen-bond acceptors (Lipinski definition) is 20. The third-order valence-corrected chi connectivity index (χ3v) is 10.9. The van der Waals surface area contributed by atoms with Crippen LogP contribution in [0.15, 0.2) is 71.9 Å². The first-order valence-corrected chi connectivity index (χ1v) is 21.6. The van der Waals surface area contributed by atoms with Crippen molar-refractivity contribution in [2.75, 3.05) is 44.4 Å². The molecule has 0 spiro atoms. The highest BCUT2D eigenvalue weighted by molar-refractivity contribution is 7.92. The Bertz CT molecular complexity index is 2330. The summed E-state index contributed by atoms with van der Waals surface area (Å²) in [6.45, 7) is 7.14. The standard InChI is InChI=1S/C41H51N7O16S/c1-40(2,3)29-18-20-30(21-19-29)65(55,56)46(41(4,5)64-39(50)60-24-12-13-26-62-48(53)54)37-34(63-32-16-10-9-15-31(32)57-6)38(45-36(44-37)35-42-22-14-23-43-35)59-28-27-58-33(49)17-8-7-11-25-61-47(51)52/h9-10,14-16,18-23H,7-8,11-13,17,24-28H2,1-6H3. The molecule has 24 heteroatoms. The van der Waals surface area contributed by atoms with Crippen molar-refractivity contribution in [3.63, 3.8) is 0 Å². The second-order valence-electron chi connectivity index (χ2n) is 15.2. The van der Waals surface area contributed by atoms with Gasteiger partial charge in [-0.05, 0) is 80.8 Å². The minimum atomic E-state index is -4.85. The highest BCUT2D eigenvalue weighted by Gasteiger charge is 2.45. The zero-order valence-corrected chi connectivity index (χ0v) is 37.5. The quantitative estimate of drug-likeness (QED) is 0.0206. The van der Waals surface area contributed by atoms with Crippen molar-refractivity contribution in [3.8, 4) is 34.8 Å². The Labute approximate surface area is 374 Å². The maximum atomic E-state index is 15.2. The molecule has 2 heterocycles. The normalized spacial score (nSPS) is 11.5. The van der Waals surface area contributed by atoms with Crippen LogP contribution < -0.4 is 18.5 Å². The lowest BCUT2D eigenvalue weighted by atomic mass is 9.87. The molecule has 0 aliphatic rings. The van der Waals surface area contributed by atoms with E-state index in [4.69, 9.17) is 28.4 Å². The summed E-state index contributed by atoms with van der Waals surface area (Å²) in [5.41, 5.74) is -1.75. The van der Waals surface area contributed by atoms with Gasteiger partial charge >= 0.3 is 12.1 Å². The molecular formula is C41H51N7O16S. The fourth-order valence-corrected chi connectivity index (χ4v) is 7.45. The van der Waals surface area contributed by atoms with E-state index < -0.39 is 49.6 Å². The number of hydrogen-bond donors (Lipinski definition) is 0. The smallest absolute Gasteiger partial charge is 0.493 e. The summed E-state index contributed by atoms with van der Waals surface area (Å²) in [5, 5.41) is 19.0. The van der Waals surface area contributed by atoms with E-state index in [2.05, 4.69) is 29.6 Å². The summed E-state index contributed by atoms with van der Waals surface area (Å²) in [5.74, 6) is -2.02. The fraction of sp³-hybridized carbons (Fsp3) is 0.463. The van der Waals surface area contributed by atoms with Gasteiger partial charge in [0.05, 0.1) is 31.8 Å². The number of rotatable bonds is 26. The lowest BCUT2D eigenvalue weighted by molar-refractivity contribution is -0.757. The molecular weight excluding hydrogens is 879 g/mol.